The smallest absolute Gasteiger partial charge is 0.251 e. The minimum Gasteiger partial charge on any atom is -0.365 e. The Morgan fingerprint density at radius 2 is 2.06 bits per heavy atom. The second-order valence-corrected chi connectivity index (χ2v) is 4.07. The molecule has 0 aromatic heterocycles. The molecule has 1 saturated carbocycles. The van der Waals surface area contributed by atoms with Gasteiger partial charge in [0.05, 0.1) is 5.56 Å². The average molecular weight is 224 g/mol. The normalized spacial score (nSPS) is 15.9. The average Bonchev–Trinajstić information content (AvgIpc) is 2.09. The Balaban J connectivity index is 2.35. The van der Waals surface area contributed by atoms with Crippen molar-refractivity contribution in [1.29, 1.82) is 0 Å². The summed E-state index contributed by atoms with van der Waals surface area (Å²) < 4.78 is 26.4. The van der Waals surface area contributed by atoms with Gasteiger partial charge in [0, 0.05) is 6.07 Å². The first-order chi connectivity index (χ1) is 7.58. The molecule has 0 unspecified atom stereocenters. The molecule has 1 radical (unpaired) electrons. The highest BCUT2D eigenvalue weighted by Gasteiger charge is 2.23. The number of rotatable bonds is 3. The summed E-state index contributed by atoms with van der Waals surface area (Å²) in [6.45, 7) is 0. The van der Waals surface area contributed by atoms with Crippen molar-refractivity contribution < 1.29 is 13.6 Å². The van der Waals surface area contributed by atoms with Crippen LogP contribution in [0.15, 0.2) is 12.1 Å². The molecular weight excluding hydrogens is 212 g/mol. The molecule has 0 heterocycles. The molecule has 1 aromatic rings. The number of nitrogens with two attached hydrogens (primary N) is 1. The van der Waals surface area contributed by atoms with Crippen LogP contribution in [0.4, 0.5) is 8.78 Å². The molecule has 2 nitrogen and oxygen atoms in total. The van der Waals surface area contributed by atoms with E-state index >= 15 is 0 Å². The number of carbonyl (C=O) groups is 1. The molecule has 0 atom stereocenters. The lowest BCUT2D eigenvalue weighted by atomic mass is 9.80. The van der Waals surface area contributed by atoms with E-state index in [0.717, 1.165) is 25.3 Å². The molecule has 1 fully saturated rings. The van der Waals surface area contributed by atoms with Crippen molar-refractivity contribution in [3.63, 3.8) is 0 Å². The Hall–Kier alpha value is -1.45. The zero-order chi connectivity index (χ0) is 11.7. The van der Waals surface area contributed by atoms with E-state index in [4.69, 9.17) is 5.73 Å². The maximum Gasteiger partial charge on any atom is 0.251 e. The highest BCUT2D eigenvalue weighted by Crippen LogP contribution is 2.33. The van der Waals surface area contributed by atoms with Crippen molar-refractivity contribution in [3.8, 4) is 0 Å². The fraction of sp³-hybridized carbons (Fsp3) is 0.333. The Morgan fingerprint density at radius 3 is 2.56 bits per heavy atom. The van der Waals surface area contributed by atoms with E-state index in [0.29, 0.717) is 12.0 Å². The Labute approximate surface area is 92.4 Å². The van der Waals surface area contributed by atoms with Crippen molar-refractivity contribution in [2.45, 2.75) is 19.3 Å². The summed E-state index contributed by atoms with van der Waals surface area (Å²) in [5.41, 5.74) is 5.14. The van der Waals surface area contributed by atoms with Crippen LogP contribution in [0.2, 0.25) is 0 Å². The zero-order valence-electron chi connectivity index (χ0n) is 8.67. The fourth-order valence-electron chi connectivity index (χ4n) is 1.85. The SMILES string of the molecule is NC(=O)c1c(F)cc(F)cc1[CH]C1CCC1. The van der Waals surface area contributed by atoms with E-state index in [1.54, 1.807) is 6.42 Å². The molecule has 1 amide bonds. The van der Waals surface area contributed by atoms with Crippen LogP contribution >= 0.6 is 0 Å². The minimum absolute atomic E-state index is 0.215. The van der Waals surface area contributed by atoms with Gasteiger partial charge in [0.2, 0.25) is 0 Å². The molecule has 85 valence electrons. The molecule has 16 heavy (non-hydrogen) atoms. The zero-order valence-corrected chi connectivity index (χ0v) is 8.67. The van der Waals surface area contributed by atoms with Gasteiger partial charge in [0.1, 0.15) is 11.6 Å². The molecule has 1 aliphatic rings. The molecule has 0 bridgehead atoms. The van der Waals surface area contributed by atoms with Crippen LogP contribution in [-0.4, -0.2) is 5.91 Å². The number of halogens is 2. The summed E-state index contributed by atoms with van der Waals surface area (Å²) in [5, 5.41) is 0. The van der Waals surface area contributed by atoms with Crippen molar-refractivity contribution in [2.75, 3.05) is 0 Å². The largest absolute Gasteiger partial charge is 0.365 e. The summed E-state index contributed by atoms with van der Waals surface area (Å²) in [7, 11) is 0. The van der Waals surface area contributed by atoms with Gasteiger partial charge in [-0.3, -0.25) is 4.79 Å². The van der Waals surface area contributed by atoms with Crippen LogP contribution in [0.5, 0.6) is 0 Å². The number of benzene rings is 1. The molecule has 4 heteroatoms. The van der Waals surface area contributed by atoms with Crippen molar-refractivity contribution in [1.82, 2.24) is 0 Å². The van der Waals surface area contributed by atoms with E-state index in [2.05, 4.69) is 0 Å². The second-order valence-electron chi connectivity index (χ2n) is 4.07. The predicted octanol–water partition coefficient (Wildman–Crippen LogP) is 2.42. The molecule has 2 rings (SSSR count). The number of primary amides is 1. The molecular formula is C12H12F2NO. The topological polar surface area (TPSA) is 43.1 Å². The van der Waals surface area contributed by atoms with Gasteiger partial charge in [0.15, 0.2) is 0 Å². The Kier molecular flexibility index (Phi) is 2.90. The molecule has 2 N–H and O–H groups in total. The van der Waals surface area contributed by atoms with Crippen LogP contribution in [0, 0.1) is 24.0 Å². The fourth-order valence-corrected chi connectivity index (χ4v) is 1.85. The Morgan fingerprint density at radius 1 is 1.38 bits per heavy atom. The third-order valence-electron chi connectivity index (χ3n) is 2.90. The summed E-state index contributed by atoms with van der Waals surface area (Å²) >= 11 is 0. The van der Waals surface area contributed by atoms with E-state index < -0.39 is 17.5 Å². The van der Waals surface area contributed by atoms with Crippen LogP contribution in [0.1, 0.15) is 35.2 Å². The lowest BCUT2D eigenvalue weighted by Crippen LogP contribution is -2.19. The quantitative estimate of drug-likeness (QED) is 0.841. The van der Waals surface area contributed by atoms with E-state index in [-0.39, 0.29) is 11.1 Å². The first-order valence-electron chi connectivity index (χ1n) is 5.21. The van der Waals surface area contributed by atoms with E-state index in [9.17, 15) is 13.6 Å². The second kappa shape index (κ2) is 4.20. The maximum atomic E-state index is 13.4. The van der Waals surface area contributed by atoms with Crippen molar-refractivity contribution in [3.05, 3.63) is 41.3 Å². The number of carbonyl (C=O) groups excluding carboxylic acids is 1. The number of hydrogen-bond donors (Lipinski definition) is 1. The van der Waals surface area contributed by atoms with Crippen LogP contribution in [0.25, 0.3) is 0 Å². The third-order valence-corrected chi connectivity index (χ3v) is 2.90. The van der Waals surface area contributed by atoms with Crippen LogP contribution in [-0.2, 0) is 0 Å². The van der Waals surface area contributed by atoms with Gasteiger partial charge in [-0.05, 0) is 36.8 Å². The highest BCUT2D eigenvalue weighted by molar-refractivity contribution is 5.95. The van der Waals surface area contributed by atoms with Gasteiger partial charge >= 0.3 is 0 Å². The number of hydrogen-bond acceptors (Lipinski definition) is 1. The van der Waals surface area contributed by atoms with Gasteiger partial charge in [-0.2, -0.15) is 0 Å². The van der Waals surface area contributed by atoms with Gasteiger partial charge < -0.3 is 5.73 Å². The molecule has 0 spiro atoms. The third kappa shape index (κ3) is 2.05. The van der Waals surface area contributed by atoms with E-state index in [1.165, 1.54) is 0 Å². The van der Waals surface area contributed by atoms with Crippen LogP contribution in [0.3, 0.4) is 0 Å². The lowest BCUT2D eigenvalue weighted by molar-refractivity contribution is 0.0995. The van der Waals surface area contributed by atoms with Crippen LogP contribution < -0.4 is 5.73 Å². The molecule has 1 aliphatic carbocycles. The van der Waals surface area contributed by atoms with Crippen molar-refractivity contribution >= 4 is 5.91 Å². The highest BCUT2D eigenvalue weighted by atomic mass is 19.1. The summed E-state index contributed by atoms with van der Waals surface area (Å²) in [6, 6.07) is 1.83. The predicted molar refractivity (Wildman–Crippen MR) is 55.6 cm³/mol. The molecule has 0 aliphatic heterocycles. The van der Waals surface area contributed by atoms with Gasteiger partial charge in [-0.25, -0.2) is 8.78 Å². The summed E-state index contributed by atoms with van der Waals surface area (Å²) in [4.78, 5) is 11.1. The summed E-state index contributed by atoms with van der Waals surface area (Å²) in [5.74, 6) is -2.13. The number of amides is 1. The van der Waals surface area contributed by atoms with E-state index in [1.807, 2.05) is 0 Å². The lowest BCUT2D eigenvalue weighted by Gasteiger charge is -2.25. The molecule has 0 saturated heterocycles. The van der Waals surface area contributed by atoms with Gasteiger partial charge in [0.25, 0.3) is 5.91 Å². The van der Waals surface area contributed by atoms with Crippen molar-refractivity contribution in [2.24, 2.45) is 11.7 Å². The standard InChI is InChI=1S/C12H12F2NO/c13-9-5-8(4-7-2-1-3-7)11(12(15)16)10(14)6-9/h4-7H,1-3H2,(H2,15,16). The Bertz CT molecular complexity index is 427. The molecule has 1 aromatic carbocycles. The first-order valence-corrected chi connectivity index (χ1v) is 5.21. The maximum absolute atomic E-state index is 13.4. The summed E-state index contributed by atoms with van der Waals surface area (Å²) in [6.07, 6.45) is 4.84. The van der Waals surface area contributed by atoms with Gasteiger partial charge in [-0.1, -0.05) is 6.42 Å². The van der Waals surface area contributed by atoms with Gasteiger partial charge in [-0.15, -0.1) is 0 Å². The first kappa shape index (κ1) is 11.0. The monoisotopic (exact) mass is 224 g/mol. The minimum atomic E-state index is -0.891.